The van der Waals surface area contributed by atoms with Crippen molar-refractivity contribution in [2.75, 3.05) is 19.0 Å². The molecule has 3 rings (SSSR count). The predicted molar refractivity (Wildman–Crippen MR) is 99.2 cm³/mol. The second-order valence-electron chi connectivity index (χ2n) is 5.32. The van der Waals surface area contributed by atoms with Gasteiger partial charge >= 0.3 is 0 Å². The molecule has 118 valence electrons. The van der Waals surface area contributed by atoms with Crippen LogP contribution in [0.4, 0.5) is 5.69 Å². The van der Waals surface area contributed by atoms with E-state index in [0.717, 1.165) is 16.1 Å². The summed E-state index contributed by atoms with van der Waals surface area (Å²) >= 11 is 6.95. The molecular weight excluding hydrogens is 326 g/mol. The van der Waals surface area contributed by atoms with Crippen molar-refractivity contribution in [1.82, 2.24) is 14.9 Å². The molecule has 0 saturated carbocycles. The summed E-state index contributed by atoms with van der Waals surface area (Å²) < 4.78 is 2.13. The number of aryl methyl sites for hydroxylation is 1. The Kier molecular flexibility index (Phi) is 4.40. The molecule has 1 N–H and O–H groups in total. The molecule has 7 heteroatoms. The molecule has 3 aromatic rings. The third-order valence-electron chi connectivity index (χ3n) is 3.48. The van der Waals surface area contributed by atoms with Crippen LogP contribution in [0.2, 0.25) is 0 Å². The van der Waals surface area contributed by atoms with Gasteiger partial charge < -0.3 is 4.90 Å². The van der Waals surface area contributed by atoms with Crippen LogP contribution in [0.5, 0.6) is 0 Å². The lowest BCUT2D eigenvalue weighted by Gasteiger charge is -2.12. The first-order valence-electron chi connectivity index (χ1n) is 7.10. The molecule has 2 aromatic heterocycles. The largest absolute Gasteiger partial charge is 0.378 e. The number of hydrogen-bond acceptors (Lipinski definition) is 5. The average molecular weight is 343 g/mol. The van der Waals surface area contributed by atoms with Crippen LogP contribution in [0.1, 0.15) is 10.4 Å². The van der Waals surface area contributed by atoms with Crippen molar-refractivity contribution in [2.24, 2.45) is 5.10 Å². The van der Waals surface area contributed by atoms with Crippen molar-refractivity contribution in [3.8, 4) is 11.4 Å². The molecule has 0 bridgehead atoms. The Morgan fingerprint density at radius 3 is 2.61 bits per heavy atom. The first kappa shape index (κ1) is 15.6. The lowest BCUT2D eigenvalue weighted by molar-refractivity contribution is 0.872. The molecule has 1 aromatic carbocycles. The minimum Gasteiger partial charge on any atom is -0.378 e. The number of H-pyrrole nitrogens is 1. The fraction of sp³-hybridized carbons (Fsp3) is 0.188. The van der Waals surface area contributed by atoms with Crippen LogP contribution in [0.25, 0.3) is 11.4 Å². The number of aromatic amines is 1. The Morgan fingerprint density at radius 2 is 2.00 bits per heavy atom. The molecule has 0 fully saturated rings. The van der Waals surface area contributed by atoms with Gasteiger partial charge in [0, 0.05) is 25.3 Å². The molecular formula is C16H17N5S2. The summed E-state index contributed by atoms with van der Waals surface area (Å²) in [5.74, 6) is 0.700. The van der Waals surface area contributed by atoms with Crippen LogP contribution in [0.15, 0.2) is 40.8 Å². The van der Waals surface area contributed by atoms with Crippen LogP contribution in [-0.4, -0.2) is 35.2 Å². The van der Waals surface area contributed by atoms with E-state index in [9.17, 15) is 0 Å². The molecule has 0 atom stereocenters. The summed E-state index contributed by atoms with van der Waals surface area (Å²) in [7, 11) is 4.03. The fourth-order valence-electron chi connectivity index (χ4n) is 2.12. The van der Waals surface area contributed by atoms with Crippen molar-refractivity contribution in [2.45, 2.75) is 6.92 Å². The topological polar surface area (TPSA) is 49.2 Å². The zero-order valence-corrected chi connectivity index (χ0v) is 14.8. The molecule has 0 saturated heterocycles. The molecule has 0 aliphatic rings. The Bertz CT molecular complexity index is 884. The maximum atomic E-state index is 5.29. The van der Waals surface area contributed by atoms with Crippen LogP contribution >= 0.6 is 23.6 Å². The SMILES string of the molecule is Cc1ccsc1/C=N\n1c(-c2ccc(N(C)C)cc2)n[nH]c1=S. The van der Waals surface area contributed by atoms with Gasteiger partial charge in [0.15, 0.2) is 5.82 Å². The number of aromatic nitrogens is 3. The molecule has 0 aliphatic heterocycles. The third-order valence-corrected chi connectivity index (χ3v) is 4.70. The summed E-state index contributed by atoms with van der Waals surface area (Å²) in [5, 5.41) is 13.7. The number of nitrogens with one attached hydrogen (secondary N) is 1. The third kappa shape index (κ3) is 3.25. The van der Waals surface area contributed by atoms with E-state index in [1.54, 1.807) is 16.0 Å². The van der Waals surface area contributed by atoms with Crippen molar-refractivity contribution in [1.29, 1.82) is 0 Å². The Balaban J connectivity index is 1.97. The Morgan fingerprint density at radius 1 is 1.26 bits per heavy atom. The van der Waals surface area contributed by atoms with Crippen LogP contribution in [0.3, 0.4) is 0 Å². The number of rotatable bonds is 4. The van der Waals surface area contributed by atoms with E-state index in [-0.39, 0.29) is 0 Å². The lowest BCUT2D eigenvalue weighted by Crippen LogP contribution is -2.08. The Hall–Kier alpha value is -2.25. The maximum Gasteiger partial charge on any atom is 0.216 e. The zero-order valence-electron chi connectivity index (χ0n) is 13.1. The zero-order chi connectivity index (χ0) is 16.4. The van der Waals surface area contributed by atoms with E-state index in [4.69, 9.17) is 12.2 Å². The summed E-state index contributed by atoms with van der Waals surface area (Å²) in [6, 6.07) is 10.2. The van der Waals surface area contributed by atoms with Crippen molar-refractivity contribution < 1.29 is 0 Å². The van der Waals surface area contributed by atoms with Gasteiger partial charge in [-0.25, -0.2) is 5.10 Å². The first-order chi connectivity index (χ1) is 11.1. The number of anilines is 1. The normalized spacial score (nSPS) is 11.3. The highest BCUT2D eigenvalue weighted by atomic mass is 32.1. The summed E-state index contributed by atoms with van der Waals surface area (Å²) in [5.41, 5.74) is 3.29. The summed E-state index contributed by atoms with van der Waals surface area (Å²) in [4.78, 5) is 3.17. The van der Waals surface area contributed by atoms with Crippen molar-refractivity contribution in [3.05, 3.63) is 50.9 Å². The molecule has 0 radical (unpaired) electrons. The minimum atomic E-state index is 0.474. The summed E-state index contributed by atoms with van der Waals surface area (Å²) in [6.07, 6.45) is 1.82. The molecule has 0 aliphatic carbocycles. The van der Waals surface area contributed by atoms with E-state index in [0.29, 0.717) is 10.6 Å². The van der Waals surface area contributed by atoms with Crippen LogP contribution < -0.4 is 4.90 Å². The van der Waals surface area contributed by atoms with Gasteiger partial charge in [0.25, 0.3) is 0 Å². The van der Waals surface area contributed by atoms with Gasteiger partial charge in [0.1, 0.15) is 0 Å². The monoisotopic (exact) mass is 343 g/mol. The van der Waals surface area contributed by atoms with Crippen molar-refractivity contribution >= 4 is 35.5 Å². The highest BCUT2D eigenvalue weighted by molar-refractivity contribution is 7.71. The smallest absolute Gasteiger partial charge is 0.216 e. The van der Waals surface area contributed by atoms with E-state index in [1.165, 1.54) is 5.56 Å². The van der Waals surface area contributed by atoms with Crippen LogP contribution in [-0.2, 0) is 0 Å². The van der Waals surface area contributed by atoms with Gasteiger partial charge in [0.2, 0.25) is 4.77 Å². The number of benzene rings is 1. The number of thiophene rings is 1. The van der Waals surface area contributed by atoms with E-state index in [2.05, 4.69) is 33.2 Å². The molecule has 0 spiro atoms. The van der Waals surface area contributed by atoms with Gasteiger partial charge in [-0.05, 0) is 60.4 Å². The quantitative estimate of drug-likeness (QED) is 0.577. The second kappa shape index (κ2) is 6.47. The van der Waals surface area contributed by atoms with Gasteiger partial charge in [-0.3, -0.25) is 0 Å². The first-order valence-corrected chi connectivity index (χ1v) is 8.38. The maximum absolute atomic E-state index is 5.29. The van der Waals surface area contributed by atoms with Gasteiger partial charge in [-0.1, -0.05) is 0 Å². The van der Waals surface area contributed by atoms with E-state index >= 15 is 0 Å². The second-order valence-corrected chi connectivity index (χ2v) is 6.65. The van der Waals surface area contributed by atoms with Gasteiger partial charge in [0.05, 0.1) is 11.1 Å². The average Bonchev–Trinajstić information content (AvgIpc) is 3.11. The standard InChI is InChI=1S/C16H17N5S2/c1-11-8-9-23-14(11)10-17-21-15(18-19-16(21)22)12-4-6-13(7-5-12)20(2)3/h4-10H,1-3H3,(H,19,22)/b17-10-. The fourth-order valence-corrected chi connectivity index (χ4v) is 3.08. The molecule has 0 unspecified atom stereocenters. The molecule has 0 amide bonds. The van der Waals surface area contributed by atoms with E-state index in [1.807, 2.05) is 50.0 Å². The van der Waals surface area contributed by atoms with E-state index < -0.39 is 0 Å². The number of nitrogens with zero attached hydrogens (tertiary/aromatic N) is 4. The molecule has 23 heavy (non-hydrogen) atoms. The summed E-state index contributed by atoms with van der Waals surface area (Å²) in [6.45, 7) is 2.06. The Labute approximate surface area is 143 Å². The highest BCUT2D eigenvalue weighted by Gasteiger charge is 2.08. The lowest BCUT2D eigenvalue weighted by atomic mass is 10.2. The predicted octanol–water partition coefficient (Wildman–Crippen LogP) is 3.93. The van der Waals surface area contributed by atoms with Gasteiger partial charge in [-0.2, -0.15) is 14.9 Å². The number of hydrogen-bond donors (Lipinski definition) is 1. The van der Waals surface area contributed by atoms with Gasteiger partial charge in [-0.15, -0.1) is 11.3 Å². The minimum absolute atomic E-state index is 0.474. The molecule has 5 nitrogen and oxygen atoms in total. The van der Waals surface area contributed by atoms with Crippen molar-refractivity contribution in [3.63, 3.8) is 0 Å². The van der Waals surface area contributed by atoms with Crippen LogP contribution in [0, 0.1) is 11.7 Å². The highest BCUT2D eigenvalue weighted by Crippen LogP contribution is 2.21. The molecule has 2 heterocycles.